The van der Waals surface area contributed by atoms with E-state index < -0.39 is 0 Å². The summed E-state index contributed by atoms with van der Waals surface area (Å²) in [4.78, 5) is 4.99. The number of rotatable bonds is 3. The molecule has 0 aromatic carbocycles. The predicted octanol–water partition coefficient (Wildman–Crippen LogP) is 2.54. The van der Waals surface area contributed by atoms with Gasteiger partial charge in [-0.1, -0.05) is 0 Å². The zero-order valence-corrected chi connectivity index (χ0v) is 13.5. The van der Waals surface area contributed by atoms with Crippen molar-refractivity contribution in [1.29, 1.82) is 0 Å². The SMILES string of the molecule is CC1CN(C)CCCN1C(CN)c1csc(Br)c1. The molecule has 2 rings (SSSR count). The maximum atomic E-state index is 6.03. The lowest BCUT2D eigenvalue weighted by atomic mass is 10.1. The topological polar surface area (TPSA) is 32.5 Å². The van der Waals surface area contributed by atoms with Crippen LogP contribution in [0, 0.1) is 0 Å². The smallest absolute Gasteiger partial charge is 0.0701 e. The summed E-state index contributed by atoms with van der Waals surface area (Å²) in [6.45, 7) is 6.46. The highest BCUT2D eigenvalue weighted by atomic mass is 79.9. The summed E-state index contributed by atoms with van der Waals surface area (Å²) in [5.41, 5.74) is 7.38. The van der Waals surface area contributed by atoms with Gasteiger partial charge in [-0.2, -0.15) is 0 Å². The molecule has 0 saturated carbocycles. The third kappa shape index (κ3) is 3.33. The number of thiophene rings is 1. The van der Waals surface area contributed by atoms with Crippen LogP contribution in [-0.4, -0.2) is 49.1 Å². The van der Waals surface area contributed by atoms with Gasteiger partial charge >= 0.3 is 0 Å². The van der Waals surface area contributed by atoms with Crippen LogP contribution in [0.3, 0.4) is 0 Å². The monoisotopic (exact) mass is 331 g/mol. The van der Waals surface area contributed by atoms with Gasteiger partial charge in [0.2, 0.25) is 0 Å². The summed E-state index contributed by atoms with van der Waals surface area (Å²) < 4.78 is 1.19. The molecule has 0 aliphatic carbocycles. The summed E-state index contributed by atoms with van der Waals surface area (Å²) in [6, 6.07) is 3.13. The molecular formula is C13H22BrN3S. The first-order valence-electron chi connectivity index (χ1n) is 6.50. The molecule has 2 unspecified atom stereocenters. The van der Waals surface area contributed by atoms with E-state index in [1.807, 2.05) is 0 Å². The minimum Gasteiger partial charge on any atom is -0.329 e. The fourth-order valence-corrected chi connectivity index (χ4v) is 4.04. The molecular weight excluding hydrogens is 310 g/mol. The first-order chi connectivity index (χ1) is 8.61. The third-order valence-corrected chi connectivity index (χ3v) is 5.22. The number of likely N-dealkylation sites (N-methyl/N-ethyl adjacent to an activating group) is 1. The Morgan fingerprint density at radius 3 is 2.94 bits per heavy atom. The maximum absolute atomic E-state index is 6.03. The van der Waals surface area contributed by atoms with E-state index in [0.717, 1.165) is 13.1 Å². The molecule has 1 aromatic rings. The molecule has 1 aliphatic heterocycles. The van der Waals surface area contributed by atoms with Gasteiger partial charge < -0.3 is 10.6 Å². The summed E-state index contributed by atoms with van der Waals surface area (Å²) in [7, 11) is 2.21. The first-order valence-corrected chi connectivity index (χ1v) is 8.17. The van der Waals surface area contributed by atoms with Crippen LogP contribution in [0.5, 0.6) is 0 Å². The predicted molar refractivity (Wildman–Crippen MR) is 82.1 cm³/mol. The van der Waals surface area contributed by atoms with E-state index in [4.69, 9.17) is 5.73 Å². The molecule has 2 atom stereocenters. The summed E-state index contributed by atoms with van der Waals surface area (Å²) in [5, 5.41) is 2.23. The van der Waals surface area contributed by atoms with Crippen molar-refractivity contribution >= 4 is 27.3 Å². The van der Waals surface area contributed by atoms with Crippen molar-refractivity contribution < 1.29 is 0 Å². The van der Waals surface area contributed by atoms with Crippen molar-refractivity contribution in [3.05, 3.63) is 20.8 Å². The first kappa shape index (κ1) is 14.5. The molecule has 1 aliphatic rings. The maximum Gasteiger partial charge on any atom is 0.0701 e. The van der Waals surface area contributed by atoms with E-state index >= 15 is 0 Å². The van der Waals surface area contributed by atoms with Crippen molar-refractivity contribution in [3.8, 4) is 0 Å². The van der Waals surface area contributed by atoms with E-state index in [-0.39, 0.29) is 0 Å². The number of halogens is 1. The Hall–Kier alpha value is 0.0600. The minimum atomic E-state index is 0.356. The van der Waals surface area contributed by atoms with Crippen molar-refractivity contribution in [3.63, 3.8) is 0 Å². The Labute approximate surface area is 122 Å². The fourth-order valence-electron chi connectivity index (χ4n) is 2.81. The highest BCUT2D eigenvalue weighted by Crippen LogP contribution is 2.30. The van der Waals surface area contributed by atoms with Gasteiger partial charge in [0.05, 0.1) is 3.79 Å². The average Bonchev–Trinajstić information content (AvgIpc) is 2.67. The van der Waals surface area contributed by atoms with Crippen LogP contribution in [0.15, 0.2) is 15.2 Å². The summed E-state index contributed by atoms with van der Waals surface area (Å²) in [6.07, 6.45) is 1.22. The number of nitrogens with two attached hydrogens (primary N) is 1. The second kappa shape index (κ2) is 6.48. The summed E-state index contributed by atoms with van der Waals surface area (Å²) in [5.74, 6) is 0. The molecule has 1 fully saturated rings. The normalized spacial score (nSPS) is 25.0. The Morgan fingerprint density at radius 1 is 1.56 bits per heavy atom. The zero-order chi connectivity index (χ0) is 13.1. The Bertz CT molecular complexity index is 382. The van der Waals surface area contributed by atoms with Gasteiger partial charge in [-0.3, -0.25) is 4.90 Å². The second-order valence-corrected chi connectivity index (χ2v) is 7.43. The molecule has 0 spiro atoms. The molecule has 0 bridgehead atoms. The van der Waals surface area contributed by atoms with Crippen LogP contribution >= 0.6 is 27.3 Å². The Balaban J connectivity index is 2.15. The lowest BCUT2D eigenvalue weighted by molar-refractivity contribution is 0.146. The highest BCUT2D eigenvalue weighted by Gasteiger charge is 2.27. The molecule has 2 N–H and O–H groups in total. The van der Waals surface area contributed by atoms with E-state index in [2.05, 4.69) is 51.1 Å². The van der Waals surface area contributed by atoms with Crippen molar-refractivity contribution in [2.24, 2.45) is 5.73 Å². The van der Waals surface area contributed by atoms with Crippen molar-refractivity contribution in [2.45, 2.75) is 25.4 Å². The Kier molecular flexibility index (Phi) is 5.21. The molecule has 0 radical (unpaired) electrons. The van der Waals surface area contributed by atoms with Crippen LogP contribution in [0.25, 0.3) is 0 Å². The molecule has 18 heavy (non-hydrogen) atoms. The van der Waals surface area contributed by atoms with E-state index in [0.29, 0.717) is 18.6 Å². The standard InChI is InChI=1S/C13H22BrN3S/c1-10-8-16(2)4-3-5-17(10)12(7-15)11-6-13(14)18-9-11/h6,9-10,12H,3-5,7-8,15H2,1-2H3. The fraction of sp³-hybridized carbons (Fsp3) is 0.692. The van der Waals surface area contributed by atoms with Crippen LogP contribution in [0.4, 0.5) is 0 Å². The molecule has 5 heteroatoms. The van der Waals surface area contributed by atoms with Crippen molar-refractivity contribution in [2.75, 3.05) is 33.2 Å². The second-order valence-electron chi connectivity index (χ2n) is 5.14. The third-order valence-electron chi connectivity index (χ3n) is 3.69. The quantitative estimate of drug-likeness (QED) is 0.923. The van der Waals surface area contributed by atoms with E-state index in [9.17, 15) is 0 Å². The molecule has 3 nitrogen and oxygen atoms in total. The lowest BCUT2D eigenvalue weighted by Crippen LogP contribution is -2.42. The van der Waals surface area contributed by atoms with Crippen molar-refractivity contribution in [1.82, 2.24) is 9.80 Å². The Morgan fingerprint density at radius 2 is 2.33 bits per heavy atom. The molecule has 0 amide bonds. The molecule has 102 valence electrons. The minimum absolute atomic E-state index is 0.356. The van der Waals surface area contributed by atoms with Gasteiger partial charge in [0.15, 0.2) is 0 Å². The highest BCUT2D eigenvalue weighted by molar-refractivity contribution is 9.11. The number of hydrogen-bond donors (Lipinski definition) is 1. The van der Waals surface area contributed by atoms with Gasteiger partial charge in [-0.25, -0.2) is 0 Å². The lowest BCUT2D eigenvalue weighted by Gasteiger charge is -2.34. The van der Waals surface area contributed by atoms with Crippen LogP contribution in [0.2, 0.25) is 0 Å². The molecule has 1 aromatic heterocycles. The molecule has 2 heterocycles. The largest absolute Gasteiger partial charge is 0.329 e. The van der Waals surface area contributed by atoms with Crippen LogP contribution in [-0.2, 0) is 0 Å². The van der Waals surface area contributed by atoms with E-state index in [1.165, 1.54) is 22.3 Å². The van der Waals surface area contributed by atoms with Gasteiger partial charge in [-0.15, -0.1) is 11.3 Å². The zero-order valence-electron chi connectivity index (χ0n) is 11.1. The van der Waals surface area contributed by atoms with Gasteiger partial charge in [0.1, 0.15) is 0 Å². The van der Waals surface area contributed by atoms with Gasteiger partial charge in [0, 0.05) is 31.7 Å². The van der Waals surface area contributed by atoms with Gasteiger partial charge in [0.25, 0.3) is 0 Å². The van der Waals surface area contributed by atoms with Crippen LogP contribution in [0.1, 0.15) is 24.9 Å². The average molecular weight is 332 g/mol. The van der Waals surface area contributed by atoms with Gasteiger partial charge in [-0.05, 0) is 59.9 Å². The van der Waals surface area contributed by atoms with Crippen LogP contribution < -0.4 is 5.73 Å². The van der Waals surface area contributed by atoms with E-state index in [1.54, 1.807) is 11.3 Å². The molecule has 1 saturated heterocycles. The number of nitrogens with zero attached hydrogens (tertiary/aromatic N) is 2. The summed E-state index contributed by atoms with van der Waals surface area (Å²) >= 11 is 5.29. The number of hydrogen-bond acceptors (Lipinski definition) is 4.